The summed E-state index contributed by atoms with van der Waals surface area (Å²) in [6.07, 6.45) is -5.49. The van der Waals surface area contributed by atoms with Crippen molar-refractivity contribution in [2.24, 2.45) is 0 Å². The first-order chi connectivity index (χ1) is 9.37. The molecular formula is C15H11F3O2. The summed E-state index contributed by atoms with van der Waals surface area (Å²) in [5, 5.41) is 9.17. The fraction of sp³-hybridized carbons (Fsp3) is 0.133. The second kappa shape index (κ2) is 5.36. The van der Waals surface area contributed by atoms with Gasteiger partial charge in [0.05, 0.1) is 12.0 Å². The van der Waals surface area contributed by atoms with Crippen molar-refractivity contribution in [2.45, 2.75) is 12.6 Å². The van der Waals surface area contributed by atoms with Crippen LogP contribution in [-0.2, 0) is 6.42 Å². The third-order valence-corrected chi connectivity index (χ3v) is 2.80. The lowest BCUT2D eigenvalue weighted by Gasteiger charge is -2.11. The summed E-state index contributed by atoms with van der Waals surface area (Å²) in [6, 6.07) is 12.5. The molecule has 0 spiro atoms. The molecule has 0 radical (unpaired) electrons. The molecule has 20 heavy (non-hydrogen) atoms. The Balaban J connectivity index is 2.47. The highest BCUT2D eigenvalue weighted by atomic mass is 19.4. The first-order valence-electron chi connectivity index (χ1n) is 5.85. The third-order valence-electron chi connectivity index (χ3n) is 2.80. The van der Waals surface area contributed by atoms with Crippen molar-refractivity contribution in [3.05, 3.63) is 59.7 Å². The molecule has 1 N–H and O–H groups in total. The Morgan fingerprint density at radius 2 is 1.70 bits per heavy atom. The molecule has 0 aromatic heterocycles. The lowest BCUT2D eigenvalue weighted by atomic mass is 9.96. The molecule has 0 aliphatic heterocycles. The highest BCUT2D eigenvalue weighted by molar-refractivity contribution is 5.96. The molecule has 0 unspecified atom stereocenters. The quantitative estimate of drug-likeness (QED) is 0.916. The van der Waals surface area contributed by atoms with Gasteiger partial charge in [-0.2, -0.15) is 13.2 Å². The van der Waals surface area contributed by atoms with Crippen LogP contribution in [0.4, 0.5) is 13.2 Å². The van der Waals surface area contributed by atoms with E-state index in [1.807, 2.05) is 0 Å². The van der Waals surface area contributed by atoms with E-state index in [2.05, 4.69) is 0 Å². The highest BCUT2D eigenvalue weighted by Crippen LogP contribution is 2.28. The zero-order valence-corrected chi connectivity index (χ0v) is 10.3. The maximum Gasteiger partial charge on any atom is 0.393 e. The van der Waals surface area contributed by atoms with Crippen molar-refractivity contribution < 1.29 is 23.1 Å². The molecule has 104 valence electrons. The highest BCUT2D eigenvalue weighted by Gasteiger charge is 2.28. The van der Waals surface area contributed by atoms with Crippen molar-refractivity contribution in [1.29, 1.82) is 0 Å². The summed E-state index contributed by atoms with van der Waals surface area (Å²) in [5.41, 5.74) is 0.875. The van der Waals surface area contributed by atoms with Gasteiger partial charge in [-0.05, 0) is 22.8 Å². The summed E-state index contributed by atoms with van der Waals surface area (Å²) in [6.45, 7) is 0. The number of benzene rings is 2. The van der Waals surface area contributed by atoms with E-state index >= 15 is 0 Å². The molecule has 0 saturated heterocycles. The fourth-order valence-corrected chi connectivity index (χ4v) is 1.98. The maximum atomic E-state index is 12.4. The van der Waals surface area contributed by atoms with Gasteiger partial charge >= 0.3 is 12.1 Å². The average Bonchev–Trinajstić information content (AvgIpc) is 2.37. The summed E-state index contributed by atoms with van der Waals surface area (Å²) in [7, 11) is 0. The molecule has 0 aliphatic carbocycles. The van der Waals surface area contributed by atoms with Gasteiger partial charge in [-0.15, -0.1) is 0 Å². The minimum absolute atomic E-state index is 0.0606. The van der Waals surface area contributed by atoms with Crippen molar-refractivity contribution in [3.8, 4) is 11.1 Å². The fourth-order valence-electron chi connectivity index (χ4n) is 1.98. The van der Waals surface area contributed by atoms with E-state index in [1.54, 1.807) is 30.3 Å². The standard InChI is InChI=1S/C15H11F3O2/c16-15(17,18)9-10-6-7-12(13(8-10)14(19)20)11-4-2-1-3-5-11/h1-8H,9H2,(H,19,20). The van der Waals surface area contributed by atoms with Crippen molar-refractivity contribution in [2.75, 3.05) is 0 Å². The van der Waals surface area contributed by atoms with Gasteiger partial charge in [0, 0.05) is 0 Å². The summed E-state index contributed by atoms with van der Waals surface area (Å²) in [5.74, 6) is -1.24. The number of carboxylic acids is 1. The van der Waals surface area contributed by atoms with Crippen LogP contribution >= 0.6 is 0 Å². The van der Waals surface area contributed by atoms with Crippen LogP contribution in [0.5, 0.6) is 0 Å². The monoisotopic (exact) mass is 280 g/mol. The number of hydrogen-bond acceptors (Lipinski definition) is 1. The second-order valence-corrected chi connectivity index (χ2v) is 4.34. The summed E-state index contributed by atoms with van der Waals surface area (Å²) in [4.78, 5) is 11.2. The first-order valence-corrected chi connectivity index (χ1v) is 5.85. The molecule has 2 rings (SSSR count). The molecule has 0 atom stereocenters. The van der Waals surface area contributed by atoms with E-state index in [0.29, 0.717) is 11.1 Å². The molecule has 0 bridgehead atoms. The van der Waals surface area contributed by atoms with Crippen LogP contribution in [0.1, 0.15) is 15.9 Å². The maximum absolute atomic E-state index is 12.4. The zero-order valence-electron chi connectivity index (χ0n) is 10.3. The van der Waals surface area contributed by atoms with Gasteiger partial charge in [-0.3, -0.25) is 0 Å². The van der Waals surface area contributed by atoms with E-state index < -0.39 is 18.6 Å². The largest absolute Gasteiger partial charge is 0.478 e. The number of alkyl halides is 3. The van der Waals surface area contributed by atoms with Crippen LogP contribution in [0.3, 0.4) is 0 Å². The minimum atomic E-state index is -4.36. The Morgan fingerprint density at radius 3 is 2.25 bits per heavy atom. The SMILES string of the molecule is O=C(O)c1cc(CC(F)(F)F)ccc1-c1ccccc1. The number of halogens is 3. The smallest absolute Gasteiger partial charge is 0.393 e. The molecule has 5 heteroatoms. The number of carboxylic acid groups (broad SMARTS) is 1. The van der Waals surface area contributed by atoms with Gasteiger partial charge in [0.1, 0.15) is 0 Å². The minimum Gasteiger partial charge on any atom is -0.478 e. The van der Waals surface area contributed by atoms with Crippen LogP contribution in [0.25, 0.3) is 11.1 Å². The predicted molar refractivity (Wildman–Crippen MR) is 68.6 cm³/mol. The number of hydrogen-bond donors (Lipinski definition) is 1. The molecule has 2 nitrogen and oxygen atoms in total. The molecule has 2 aromatic rings. The van der Waals surface area contributed by atoms with Crippen molar-refractivity contribution in [3.63, 3.8) is 0 Å². The normalized spacial score (nSPS) is 11.3. The third kappa shape index (κ3) is 3.38. The zero-order chi connectivity index (χ0) is 14.8. The second-order valence-electron chi connectivity index (χ2n) is 4.34. The Bertz CT molecular complexity index is 619. The van der Waals surface area contributed by atoms with E-state index in [9.17, 15) is 18.0 Å². The molecule has 0 heterocycles. The van der Waals surface area contributed by atoms with Gasteiger partial charge < -0.3 is 5.11 Å². The van der Waals surface area contributed by atoms with Crippen LogP contribution in [0.15, 0.2) is 48.5 Å². The Hall–Kier alpha value is -2.30. The van der Waals surface area contributed by atoms with Crippen LogP contribution in [-0.4, -0.2) is 17.3 Å². The van der Waals surface area contributed by atoms with Crippen molar-refractivity contribution >= 4 is 5.97 Å². The van der Waals surface area contributed by atoms with Gasteiger partial charge in [0.2, 0.25) is 0 Å². The predicted octanol–water partition coefficient (Wildman–Crippen LogP) is 4.16. The Labute approximate surface area is 113 Å². The van der Waals surface area contributed by atoms with Gasteiger partial charge in [0.25, 0.3) is 0 Å². The van der Waals surface area contributed by atoms with E-state index in [1.165, 1.54) is 12.1 Å². The topological polar surface area (TPSA) is 37.3 Å². The Morgan fingerprint density at radius 1 is 1.05 bits per heavy atom. The number of rotatable bonds is 3. The molecule has 2 aromatic carbocycles. The first kappa shape index (κ1) is 14.1. The van der Waals surface area contributed by atoms with E-state index in [-0.39, 0.29) is 11.1 Å². The number of carbonyl (C=O) groups is 1. The molecule has 0 aliphatic rings. The molecule has 0 fully saturated rings. The van der Waals surface area contributed by atoms with Crippen LogP contribution in [0, 0.1) is 0 Å². The summed E-state index contributed by atoms with van der Waals surface area (Å²) < 4.78 is 37.1. The van der Waals surface area contributed by atoms with Gasteiger partial charge in [0.15, 0.2) is 0 Å². The van der Waals surface area contributed by atoms with Crippen LogP contribution in [0.2, 0.25) is 0 Å². The van der Waals surface area contributed by atoms with Gasteiger partial charge in [-0.1, -0.05) is 42.5 Å². The number of aromatic carboxylic acids is 1. The van der Waals surface area contributed by atoms with E-state index in [0.717, 1.165) is 6.07 Å². The molecule has 0 amide bonds. The van der Waals surface area contributed by atoms with Gasteiger partial charge in [-0.25, -0.2) is 4.79 Å². The molecular weight excluding hydrogens is 269 g/mol. The van der Waals surface area contributed by atoms with Crippen molar-refractivity contribution in [1.82, 2.24) is 0 Å². The van der Waals surface area contributed by atoms with Crippen LogP contribution < -0.4 is 0 Å². The van der Waals surface area contributed by atoms with E-state index in [4.69, 9.17) is 5.11 Å². The summed E-state index contributed by atoms with van der Waals surface area (Å²) >= 11 is 0. The molecule has 0 saturated carbocycles. The average molecular weight is 280 g/mol. The lowest BCUT2D eigenvalue weighted by Crippen LogP contribution is -2.12. The lowest BCUT2D eigenvalue weighted by molar-refractivity contribution is -0.127. The Kier molecular flexibility index (Phi) is 3.79.